The first-order valence-electron chi connectivity index (χ1n) is 6.56. The van der Waals surface area contributed by atoms with Gasteiger partial charge in [-0.15, -0.1) is 0 Å². The van der Waals surface area contributed by atoms with Crippen molar-refractivity contribution in [2.24, 2.45) is 0 Å². The normalized spacial score (nSPS) is 12.8. The quantitative estimate of drug-likeness (QED) is 0.897. The third-order valence-electron chi connectivity index (χ3n) is 3.09. The van der Waals surface area contributed by atoms with Gasteiger partial charge < -0.3 is 0 Å². The van der Waals surface area contributed by atoms with Crippen LogP contribution < -0.4 is 0 Å². The van der Waals surface area contributed by atoms with Gasteiger partial charge in [-0.2, -0.15) is 22.6 Å². The Kier molecular flexibility index (Phi) is 4.76. The third kappa shape index (κ3) is 4.52. The van der Waals surface area contributed by atoms with Crippen LogP contribution in [0.1, 0.15) is 22.8 Å². The van der Waals surface area contributed by atoms with Gasteiger partial charge in [0.15, 0.2) is 5.82 Å². The SMILES string of the molecule is Cc1nc(CN(C)S(=O)(=O)Cc2cccc(C(F)(F)F)c2)n[nH]1. The molecule has 0 fully saturated rings. The maximum atomic E-state index is 12.7. The van der Waals surface area contributed by atoms with Crippen molar-refractivity contribution < 1.29 is 21.6 Å². The number of alkyl halides is 3. The van der Waals surface area contributed by atoms with E-state index in [-0.39, 0.29) is 17.9 Å². The monoisotopic (exact) mass is 348 g/mol. The van der Waals surface area contributed by atoms with Crippen LogP contribution >= 0.6 is 0 Å². The standard InChI is InChI=1S/C13H15F3N4O2S/c1-9-17-12(19-18-9)7-20(2)23(21,22)8-10-4-3-5-11(6-10)13(14,15)16/h3-6H,7-8H2,1-2H3,(H,17,18,19). The number of sulfonamides is 1. The second-order valence-corrected chi connectivity index (χ2v) is 7.12. The summed E-state index contributed by atoms with van der Waals surface area (Å²) < 4.78 is 63.5. The van der Waals surface area contributed by atoms with Crippen LogP contribution in [0.15, 0.2) is 24.3 Å². The lowest BCUT2D eigenvalue weighted by atomic mass is 10.1. The molecule has 0 aliphatic carbocycles. The maximum absolute atomic E-state index is 12.7. The number of nitrogens with zero attached hydrogens (tertiary/aromatic N) is 3. The summed E-state index contributed by atoms with van der Waals surface area (Å²) in [5, 5.41) is 6.42. The summed E-state index contributed by atoms with van der Waals surface area (Å²) in [7, 11) is -2.46. The zero-order chi connectivity index (χ0) is 17.3. The van der Waals surface area contributed by atoms with Gasteiger partial charge in [0.1, 0.15) is 5.82 Å². The van der Waals surface area contributed by atoms with Gasteiger partial charge in [-0.05, 0) is 18.6 Å². The number of H-pyrrole nitrogens is 1. The number of rotatable bonds is 5. The maximum Gasteiger partial charge on any atom is 0.416 e. The number of nitrogens with one attached hydrogen (secondary N) is 1. The van der Waals surface area contributed by atoms with E-state index in [9.17, 15) is 21.6 Å². The highest BCUT2D eigenvalue weighted by Gasteiger charge is 2.31. The molecular formula is C13H15F3N4O2S. The average molecular weight is 348 g/mol. The van der Waals surface area contributed by atoms with Gasteiger partial charge >= 0.3 is 6.18 Å². The molecule has 6 nitrogen and oxygen atoms in total. The van der Waals surface area contributed by atoms with Crippen molar-refractivity contribution in [1.82, 2.24) is 19.5 Å². The lowest BCUT2D eigenvalue weighted by Crippen LogP contribution is -2.28. The molecule has 0 aliphatic rings. The first-order valence-corrected chi connectivity index (χ1v) is 8.17. The summed E-state index contributed by atoms with van der Waals surface area (Å²) >= 11 is 0. The van der Waals surface area contributed by atoms with Crippen molar-refractivity contribution >= 4 is 10.0 Å². The number of hydrogen-bond acceptors (Lipinski definition) is 4. The molecule has 0 saturated heterocycles. The summed E-state index contributed by atoms with van der Waals surface area (Å²) in [4.78, 5) is 4.00. The predicted molar refractivity (Wildman–Crippen MR) is 76.7 cm³/mol. The Bertz CT molecular complexity index is 787. The highest BCUT2D eigenvalue weighted by molar-refractivity contribution is 7.88. The minimum absolute atomic E-state index is 0.0639. The Morgan fingerprint density at radius 3 is 2.57 bits per heavy atom. The minimum atomic E-state index is -4.51. The second kappa shape index (κ2) is 6.28. The van der Waals surface area contributed by atoms with Crippen LogP contribution in [0.5, 0.6) is 0 Å². The first-order chi connectivity index (χ1) is 10.6. The smallest absolute Gasteiger partial charge is 0.263 e. The largest absolute Gasteiger partial charge is 0.416 e. The zero-order valence-electron chi connectivity index (χ0n) is 12.4. The van der Waals surface area contributed by atoms with Gasteiger partial charge in [0.25, 0.3) is 0 Å². The van der Waals surface area contributed by atoms with E-state index in [1.54, 1.807) is 6.92 Å². The van der Waals surface area contributed by atoms with Gasteiger partial charge in [0.05, 0.1) is 17.9 Å². The lowest BCUT2D eigenvalue weighted by Gasteiger charge is -2.16. The first kappa shape index (κ1) is 17.4. The van der Waals surface area contributed by atoms with E-state index in [0.717, 1.165) is 16.4 Å². The molecule has 126 valence electrons. The molecule has 0 bridgehead atoms. The number of hydrogen-bond donors (Lipinski definition) is 1. The summed E-state index contributed by atoms with van der Waals surface area (Å²) in [5.74, 6) is 0.304. The third-order valence-corrected chi connectivity index (χ3v) is 4.86. The van der Waals surface area contributed by atoms with Gasteiger partial charge in [-0.25, -0.2) is 13.4 Å². The van der Waals surface area contributed by atoms with Crippen LogP contribution in [0.25, 0.3) is 0 Å². The van der Waals surface area contributed by atoms with Crippen LogP contribution in [-0.2, 0) is 28.5 Å². The molecule has 0 radical (unpaired) electrons. The van der Waals surface area contributed by atoms with Crippen molar-refractivity contribution in [2.75, 3.05) is 7.05 Å². The molecule has 10 heteroatoms. The number of aromatic nitrogens is 3. The van der Waals surface area contributed by atoms with Crippen LogP contribution in [0.4, 0.5) is 13.2 Å². The molecule has 1 N–H and O–H groups in total. The van der Waals surface area contributed by atoms with E-state index in [4.69, 9.17) is 0 Å². The van der Waals surface area contributed by atoms with Crippen molar-refractivity contribution in [2.45, 2.75) is 25.4 Å². The molecule has 0 unspecified atom stereocenters. The fourth-order valence-corrected chi connectivity index (χ4v) is 3.05. The van der Waals surface area contributed by atoms with Gasteiger partial charge in [0, 0.05) is 7.05 Å². The summed E-state index contributed by atoms with van der Waals surface area (Å²) in [6.45, 7) is 1.61. The topological polar surface area (TPSA) is 79.0 Å². The van der Waals surface area contributed by atoms with Crippen LogP contribution in [-0.4, -0.2) is 35.0 Å². The summed E-state index contributed by atoms with van der Waals surface area (Å²) in [6.07, 6.45) is -4.51. The van der Waals surface area contributed by atoms with Gasteiger partial charge in [-0.3, -0.25) is 5.10 Å². The summed E-state index contributed by atoms with van der Waals surface area (Å²) in [6, 6.07) is 4.27. The second-order valence-electron chi connectivity index (χ2n) is 5.05. The Balaban J connectivity index is 2.14. The molecule has 2 rings (SSSR count). The number of aromatic amines is 1. The number of aryl methyl sites for hydroxylation is 1. The van der Waals surface area contributed by atoms with Gasteiger partial charge in [0.2, 0.25) is 10.0 Å². The Morgan fingerprint density at radius 1 is 1.30 bits per heavy atom. The minimum Gasteiger partial charge on any atom is -0.263 e. The van der Waals surface area contributed by atoms with E-state index < -0.39 is 27.5 Å². The van der Waals surface area contributed by atoms with Gasteiger partial charge in [-0.1, -0.05) is 18.2 Å². The predicted octanol–water partition coefficient (Wildman–Crippen LogP) is 2.09. The Labute approximate surface area is 131 Å². The van der Waals surface area contributed by atoms with Crippen LogP contribution in [0.3, 0.4) is 0 Å². The average Bonchev–Trinajstić information content (AvgIpc) is 2.83. The molecule has 0 amide bonds. The Morgan fingerprint density at radius 2 is 2.00 bits per heavy atom. The fraction of sp³-hybridized carbons (Fsp3) is 0.385. The van der Waals surface area contributed by atoms with Crippen molar-refractivity contribution in [3.63, 3.8) is 0 Å². The molecule has 1 heterocycles. The van der Waals surface area contributed by atoms with E-state index in [1.165, 1.54) is 19.2 Å². The molecule has 0 atom stereocenters. The molecule has 23 heavy (non-hydrogen) atoms. The van der Waals surface area contributed by atoms with E-state index in [1.807, 2.05) is 0 Å². The lowest BCUT2D eigenvalue weighted by molar-refractivity contribution is -0.137. The molecule has 1 aromatic carbocycles. The highest BCUT2D eigenvalue weighted by Crippen LogP contribution is 2.30. The van der Waals surface area contributed by atoms with E-state index in [2.05, 4.69) is 15.2 Å². The highest BCUT2D eigenvalue weighted by atomic mass is 32.2. The van der Waals surface area contributed by atoms with Crippen molar-refractivity contribution in [3.8, 4) is 0 Å². The fourth-order valence-electron chi connectivity index (χ4n) is 1.92. The van der Waals surface area contributed by atoms with E-state index >= 15 is 0 Å². The summed E-state index contributed by atoms with van der Waals surface area (Å²) in [5.41, 5.74) is -0.810. The Hall–Kier alpha value is -1.94. The van der Waals surface area contributed by atoms with Crippen LogP contribution in [0, 0.1) is 6.92 Å². The zero-order valence-corrected chi connectivity index (χ0v) is 13.2. The molecule has 0 spiro atoms. The van der Waals surface area contributed by atoms with Crippen molar-refractivity contribution in [1.29, 1.82) is 0 Å². The molecule has 0 saturated carbocycles. The molecular weight excluding hydrogens is 333 g/mol. The molecule has 2 aromatic rings. The molecule has 0 aliphatic heterocycles. The number of benzene rings is 1. The molecule has 1 aromatic heterocycles. The number of halogens is 3. The van der Waals surface area contributed by atoms with Crippen molar-refractivity contribution in [3.05, 3.63) is 47.0 Å². The van der Waals surface area contributed by atoms with Crippen LogP contribution in [0.2, 0.25) is 0 Å². The van der Waals surface area contributed by atoms with E-state index in [0.29, 0.717) is 5.82 Å².